The molecular formula is C8H9N3O2S. The molecule has 2 rings (SSSR count). The Morgan fingerprint density at radius 3 is 3.00 bits per heavy atom. The van der Waals surface area contributed by atoms with Gasteiger partial charge in [-0.1, -0.05) is 0 Å². The zero-order valence-electron chi connectivity index (χ0n) is 7.48. The molecule has 14 heavy (non-hydrogen) atoms. The van der Waals surface area contributed by atoms with E-state index in [0.717, 1.165) is 0 Å². The van der Waals surface area contributed by atoms with Crippen molar-refractivity contribution >= 4 is 21.1 Å². The second-order valence-electron chi connectivity index (χ2n) is 2.76. The summed E-state index contributed by atoms with van der Waals surface area (Å²) in [6.45, 7) is 0. The van der Waals surface area contributed by atoms with Crippen LogP contribution in [0.3, 0.4) is 0 Å². The molecule has 0 unspecified atom stereocenters. The minimum Gasteiger partial charge on any atom is -0.359 e. The molecule has 0 bridgehead atoms. The number of rotatable bonds is 2. The molecule has 5 nitrogen and oxygen atoms in total. The summed E-state index contributed by atoms with van der Waals surface area (Å²) in [7, 11) is -2.05. The average Bonchev–Trinajstić information content (AvgIpc) is 2.61. The van der Waals surface area contributed by atoms with E-state index in [9.17, 15) is 8.42 Å². The predicted octanol–water partition coefficient (Wildman–Crippen LogP) is 0.471. The SMILES string of the molecule is CNS(=O)(=O)c1c[nH]c2cccnc12. The Balaban J connectivity index is 2.77. The van der Waals surface area contributed by atoms with Gasteiger partial charge in [-0.25, -0.2) is 13.1 Å². The molecule has 0 fully saturated rings. The van der Waals surface area contributed by atoms with Crippen molar-refractivity contribution in [2.75, 3.05) is 7.05 Å². The Hall–Kier alpha value is -1.40. The molecule has 2 N–H and O–H groups in total. The summed E-state index contributed by atoms with van der Waals surface area (Å²) < 4.78 is 25.3. The standard InChI is InChI=1S/C8H9N3O2S/c1-9-14(12,13)7-5-11-6-3-2-4-10-8(6)7/h2-5,9,11H,1H3. The van der Waals surface area contributed by atoms with E-state index in [-0.39, 0.29) is 4.90 Å². The van der Waals surface area contributed by atoms with Crippen LogP contribution in [0.5, 0.6) is 0 Å². The van der Waals surface area contributed by atoms with Gasteiger partial charge in [0.2, 0.25) is 10.0 Å². The number of hydrogen-bond acceptors (Lipinski definition) is 3. The van der Waals surface area contributed by atoms with E-state index in [0.29, 0.717) is 11.0 Å². The summed E-state index contributed by atoms with van der Waals surface area (Å²) in [5.74, 6) is 0. The number of fused-ring (bicyclic) bond motifs is 1. The van der Waals surface area contributed by atoms with Gasteiger partial charge in [-0.05, 0) is 19.2 Å². The Labute approximate surface area is 81.2 Å². The second-order valence-corrected chi connectivity index (χ2v) is 4.62. The third kappa shape index (κ3) is 1.28. The van der Waals surface area contributed by atoms with Crippen molar-refractivity contribution in [3.8, 4) is 0 Å². The molecule has 0 aliphatic rings. The Morgan fingerprint density at radius 2 is 2.29 bits per heavy atom. The van der Waals surface area contributed by atoms with Gasteiger partial charge in [0.25, 0.3) is 0 Å². The van der Waals surface area contributed by atoms with Crippen LogP contribution in [-0.2, 0) is 10.0 Å². The lowest BCUT2D eigenvalue weighted by atomic mass is 10.4. The van der Waals surface area contributed by atoms with Crippen LogP contribution >= 0.6 is 0 Å². The zero-order valence-corrected chi connectivity index (χ0v) is 8.30. The van der Waals surface area contributed by atoms with Crippen LogP contribution in [0.15, 0.2) is 29.4 Å². The van der Waals surface area contributed by atoms with Gasteiger partial charge in [-0.3, -0.25) is 4.98 Å². The molecular weight excluding hydrogens is 202 g/mol. The van der Waals surface area contributed by atoms with E-state index in [1.165, 1.54) is 13.2 Å². The highest BCUT2D eigenvalue weighted by Crippen LogP contribution is 2.19. The largest absolute Gasteiger partial charge is 0.359 e. The molecule has 0 saturated carbocycles. The molecule has 0 radical (unpaired) electrons. The first-order chi connectivity index (χ1) is 6.65. The monoisotopic (exact) mass is 211 g/mol. The fraction of sp³-hybridized carbons (Fsp3) is 0.125. The second kappa shape index (κ2) is 3.07. The molecule has 0 aliphatic heterocycles. The van der Waals surface area contributed by atoms with Crippen LogP contribution in [0, 0.1) is 0 Å². The maximum Gasteiger partial charge on any atom is 0.243 e. The summed E-state index contributed by atoms with van der Waals surface area (Å²) in [6, 6.07) is 3.52. The van der Waals surface area contributed by atoms with Gasteiger partial charge in [0.15, 0.2) is 0 Å². The third-order valence-electron chi connectivity index (χ3n) is 1.96. The van der Waals surface area contributed by atoms with Crippen LogP contribution in [0.2, 0.25) is 0 Å². The molecule has 0 saturated heterocycles. The zero-order chi connectivity index (χ0) is 10.2. The highest BCUT2D eigenvalue weighted by atomic mass is 32.2. The van der Waals surface area contributed by atoms with E-state index in [1.807, 2.05) is 0 Å². The maximum atomic E-state index is 11.5. The van der Waals surface area contributed by atoms with Gasteiger partial charge in [-0.15, -0.1) is 0 Å². The number of pyridine rings is 1. The lowest BCUT2D eigenvalue weighted by Crippen LogP contribution is -2.18. The van der Waals surface area contributed by atoms with Crippen molar-refractivity contribution in [2.24, 2.45) is 0 Å². The van der Waals surface area contributed by atoms with E-state index >= 15 is 0 Å². The van der Waals surface area contributed by atoms with E-state index in [4.69, 9.17) is 0 Å². The first kappa shape index (κ1) is 9.17. The van der Waals surface area contributed by atoms with Crippen LogP contribution < -0.4 is 4.72 Å². The number of sulfonamides is 1. The van der Waals surface area contributed by atoms with Crippen molar-refractivity contribution < 1.29 is 8.42 Å². The minimum atomic E-state index is -3.43. The highest BCUT2D eigenvalue weighted by molar-refractivity contribution is 7.89. The Morgan fingerprint density at radius 1 is 1.50 bits per heavy atom. The van der Waals surface area contributed by atoms with Crippen LogP contribution in [0.1, 0.15) is 0 Å². The number of nitrogens with one attached hydrogen (secondary N) is 2. The number of aromatic nitrogens is 2. The van der Waals surface area contributed by atoms with Gasteiger partial charge < -0.3 is 4.98 Å². The molecule has 2 aromatic heterocycles. The molecule has 0 spiro atoms. The number of nitrogens with zero attached hydrogens (tertiary/aromatic N) is 1. The van der Waals surface area contributed by atoms with Crippen molar-refractivity contribution in [1.29, 1.82) is 0 Å². The lowest BCUT2D eigenvalue weighted by Gasteiger charge is -1.98. The van der Waals surface area contributed by atoms with Crippen LogP contribution in [0.25, 0.3) is 11.0 Å². The van der Waals surface area contributed by atoms with Gasteiger partial charge >= 0.3 is 0 Å². The number of aromatic amines is 1. The first-order valence-electron chi connectivity index (χ1n) is 4.01. The Bertz CT molecular complexity index is 559. The van der Waals surface area contributed by atoms with E-state index in [1.54, 1.807) is 18.3 Å². The van der Waals surface area contributed by atoms with Gasteiger partial charge in [0.1, 0.15) is 10.4 Å². The Kier molecular flexibility index (Phi) is 2.01. The minimum absolute atomic E-state index is 0.176. The smallest absolute Gasteiger partial charge is 0.243 e. The summed E-state index contributed by atoms with van der Waals surface area (Å²) in [5, 5.41) is 0. The predicted molar refractivity (Wildman–Crippen MR) is 52.3 cm³/mol. The molecule has 74 valence electrons. The number of hydrogen-bond donors (Lipinski definition) is 2. The molecule has 2 aromatic rings. The molecule has 0 aromatic carbocycles. The first-order valence-corrected chi connectivity index (χ1v) is 5.49. The maximum absolute atomic E-state index is 11.5. The van der Waals surface area contributed by atoms with Crippen molar-refractivity contribution in [3.05, 3.63) is 24.5 Å². The third-order valence-corrected chi connectivity index (χ3v) is 3.39. The van der Waals surface area contributed by atoms with E-state index in [2.05, 4.69) is 14.7 Å². The summed E-state index contributed by atoms with van der Waals surface area (Å²) in [6.07, 6.45) is 2.99. The molecule has 0 amide bonds. The lowest BCUT2D eigenvalue weighted by molar-refractivity contribution is 0.589. The van der Waals surface area contributed by atoms with Crippen LogP contribution in [0.4, 0.5) is 0 Å². The fourth-order valence-corrected chi connectivity index (χ4v) is 2.10. The van der Waals surface area contributed by atoms with E-state index < -0.39 is 10.0 Å². The molecule has 0 aliphatic carbocycles. The van der Waals surface area contributed by atoms with Crippen molar-refractivity contribution in [3.63, 3.8) is 0 Å². The summed E-state index contributed by atoms with van der Waals surface area (Å²) in [5.41, 5.74) is 1.17. The average molecular weight is 211 g/mol. The number of H-pyrrole nitrogens is 1. The molecule has 2 heterocycles. The molecule has 6 heteroatoms. The fourth-order valence-electron chi connectivity index (χ4n) is 1.24. The van der Waals surface area contributed by atoms with Gasteiger partial charge in [-0.2, -0.15) is 0 Å². The van der Waals surface area contributed by atoms with Gasteiger partial charge in [0.05, 0.1) is 5.52 Å². The highest BCUT2D eigenvalue weighted by Gasteiger charge is 2.17. The summed E-state index contributed by atoms with van der Waals surface area (Å²) >= 11 is 0. The normalized spacial score (nSPS) is 12.1. The van der Waals surface area contributed by atoms with Crippen LogP contribution in [-0.4, -0.2) is 25.4 Å². The van der Waals surface area contributed by atoms with Crippen molar-refractivity contribution in [1.82, 2.24) is 14.7 Å². The van der Waals surface area contributed by atoms with Crippen molar-refractivity contribution in [2.45, 2.75) is 4.90 Å². The quantitative estimate of drug-likeness (QED) is 0.758. The topological polar surface area (TPSA) is 74.8 Å². The summed E-state index contributed by atoms with van der Waals surface area (Å²) in [4.78, 5) is 7.03. The van der Waals surface area contributed by atoms with Gasteiger partial charge in [0, 0.05) is 12.4 Å². The molecule has 0 atom stereocenters.